The summed E-state index contributed by atoms with van der Waals surface area (Å²) in [6.07, 6.45) is -9.40. The zero-order valence-corrected chi connectivity index (χ0v) is 19.9. The van der Waals surface area contributed by atoms with Crippen molar-refractivity contribution in [3.8, 4) is 5.75 Å². The molecule has 0 unspecified atom stereocenters. The van der Waals surface area contributed by atoms with Crippen LogP contribution >= 0.6 is 11.6 Å². The third-order valence-corrected chi connectivity index (χ3v) is 6.40. The van der Waals surface area contributed by atoms with Crippen LogP contribution in [0.3, 0.4) is 0 Å². The van der Waals surface area contributed by atoms with E-state index in [1.165, 1.54) is 0 Å². The summed E-state index contributed by atoms with van der Waals surface area (Å²) in [7, 11) is 0. The van der Waals surface area contributed by atoms with E-state index in [-0.39, 0.29) is 48.2 Å². The molecule has 2 aromatic carbocycles. The summed E-state index contributed by atoms with van der Waals surface area (Å²) in [6.45, 7) is -1.72. The Morgan fingerprint density at radius 2 is 1.71 bits per heavy atom. The van der Waals surface area contributed by atoms with Gasteiger partial charge in [0, 0.05) is 12.1 Å². The van der Waals surface area contributed by atoms with Crippen LogP contribution in [0.4, 0.5) is 46.8 Å². The maximum atomic E-state index is 14.1. The second-order valence-corrected chi connectivity index (χ2v) is 9.14. The highest BCUT2D eigenvalue weighted by Gasteiger charge is 2.41. The zero-order valence-electron chi connectivity index (χ0n) is 19.2. The molecule has 6 nitrogen and oxygen atoms in total. The number of anilines is 2. The Morgan fingerprint density at radius 3 is 2.34 bits per heavy atom. The average Bonchev–Trinajstić information content (AvgIpc) is 3.23. The third kappa shape index (κ3) is 6.40. The molecule has 0 aliphatic heterocycles. The highest BCUT2D eigenvalue weighted by Crippen LogP contribution is 2.38. The van der Waals surface area contributed by atoms with E-state index in [4.69, 9.17) is 16.3 Å². The fraction of sp³-hybridized carbons (Fsp3) is 0.391. The number of aromatic amines is 1. The van der Waals surface area contributed by atoms with E-state index in [2.05, 4.69) is 20.6 Å². The summed E-state index contributed by atoms with van der Waals surface area (Å²) in [4.78, 5) is 19.7. The smallest absolute Gasteiger partial charge is 0.422 e. The first-order chi connectivity index (χ1) is 17.7. The van der Waals surface area contributed by atoms with Gasteiger partial charge in [0.2, 0.25) is 5.95 Å². The van der Waals surface area contributed by atoms with E-state index in [9.17, 15) is 39.9 Å². The van der Waals surface area contributed by atoms with Gasteiger partial charge in [-0.15, -0.1) is 0 Å². The minimum absolute atomic E-state index is 0.0351. The van der Waals surface area contributed by atoms with Crippen molar-refractivity contribution < 1.29 is 44.7 Å². The van der Waals surface area contributed by atoms with Crippen LogP contribution in [-0.2, 0) is 0 Å². The molecule has 0 bridgehead atoms. The number of amides is 1. The van der Waals surface area contributed by atoms with E-state index < -0.39 is 64.9 Å². The lowest BCUT2D eigenvalue weighted by atomic mass is 9.85. The Hall–Kier alpha value is -3.29. The molecule has 1 aliphatic rings. The normalized spacial score (nSPS) is 18.4. The van der Waals surface area contributed by atoms with Gasteiger partial charge in [0.05, 0.1) is 28.2 Å². The quantitative estimate of drug-likeness (QED) is 0.220. The molecule has 206 valence electrons. The molecule has 3 aromatic rings. The number of halogens is 9. The number of carbonyl (C=O) groups excluding carboxylic acids is 1. The van der Waals surface area contributed by atoms with Gasteiger partial charge >= 0.3 is 12.4 Å². The van der Waals surface area contributed by atoms with Crippen LogP contribution in [0.1, 0.15) is 36.0 Å². The first kappa shape index (κ1) is 27.7. The predicted molar refractivity (Wildman–Crippen MR) is 122 cm³/mol. The second-order valence-electron chi connectivity index (χ2n) is 8.76. The SMILES string of the molecule is O=C(N[C@H]1CC[C@H](C(F)(F)F)CC1)c1cc2nc(Nc3c(F)ccc(F)c3Cl)[nH]c2cc1OCC(F)(F)F. The molecule has 1 aliphatic carbocycles. The summed E-state index contributed by atoms with van der Waals surface area (Å²) in [5, 5.41) is 4.43. The van der Waals surface area contributed by atoms with Gasteiger partial charge in [-0.3, -0.25) is 4.79 Å². The van der Waals surface area contributed by atoms with Crippen LogP contribution in [-0.4, -0.2) is 40.9 Å². The van der Waals surface area contributed by atoms with E-state index in [1.54, 1.807) is 0 Å². The van der Waals surface area contributed by atoms with Gasteiger partial charge in [-0.2, -0.15) is 26.3 Å². The van der Waals surface area contributed by atoms with E-state index in [1.807, 2.05) is 0 Å². The summed E-state index contributed by atoms with van der Waals surface area (Å²) < 4.78 is 110. The van der Waals surface area contributed by atoms with Crippen LogP contribution in [0.5, 0.6) is 5.75 Å². The monoisotopic (exact) mass is 570 g/mol. The predicted octanol–water partition coefficient (Wildman–Crippen LogP) is 7.03. The van der Waals surface area contributed by atoms with Gasteiger partial charge in [0.1, 0.15) is 22.4 Å². The van der Waals surface area contributed by atoms with Gasteiger partial charge in [-0.25, -0.2) is 13.8 Å². The number of alkyl halides is 6. The minimum Gasteiger partial charge on any atom is -0.483 e. The average molecular weight is 571 g/mol. The van der Waals surface area contributed by atoms with Crippen LogP contribution < -0.4 is 15.4 Å². The number of H-pyrrole nitrogens is 1. The molecule has 1 amide bonds. The molecule has 3 N–H and O–H groups in total. The molecule has 1 fully saturated rings. The van der Waals surface area contributed by atoms with Crippen LogP contribution in [0.2, 0.25) is 5.02 Å². The Bertz CT molecular complexity index is 1330. The highest BCUT2D eigenvalue weighted by atomic mass is 35.5. The molecule has 0 radical (unpaired) electrons. The van der Waals surface area contributed by atoms with Crippen molar-refractivity contribution in [2.45, 2.75) is 44.1 Å². The van der Waals surface area contributed by atoms with Crippen molar-refractivity contribution in [3.63, 3.8) is 0 Å². The molecule has 0 saturated heterocycles. The van der Waals surface area contributed by atoms with Crippen molar-refractivity contribution in [1.29, 1.82) is 0 Å². The molecule has 0 spiro atoms. The van der Waals surface area contributed by atoms with Gasteiger partial charge in [0.25, 0.3) is 5.91 Å². The second kappa shape index (κ2) is 10.5. The van der Waals surface area contributed by atoms with Gasteiger partial charge in [0.15, 0.2) is 6.61 Å². The number of benzene rings is 2. The topological polar surface area (TPSA) is 79.0 Å². The third-order valence-electron chi connectivity index (χ3n) is 6.03. The molecule has 0 atom stereocenters. The number of rotatable bonds is 6. The molecule has 4 rings (SSSR count). The van der Waals surface area contributed by atoms with Crippen molar-refractivity contribution in [2.24, 2.45) is 5.92 Å². The molecular weight excluding hydrogens is 552 g/mol. The zero-order chi connectivity index (χ0) is 27.8. The number of carbonyl (C=O) groups is 1. The van der Waals surface area contributed by atoms with Crippen LogP contribution in [0.25, 0.3) is 11.0 Å². The lowest BCUT2D eigenvalue weighted by Gasteiger charge is -2.30. The first-order valence-electron chi connectivity index (χ1n) is 11.2. The van der Waals surface area contributed by atoms with E-state index in [0.29, 0.717) is 0 Å². The number of nitrogens with zero attached hydrogens (tertiary/aromatic N) is 1. The van der Waals surface area contributed by atoms with Gasteiger partial charge in [-0.1, -0.05) is 11.6 Å². The summed E-state index contributed by atoms with van der Waals surface area (Å²) in [6, 6.07) is 3.19. The molecule has 1 saturated carbocycles. The number of aromatic nitrogens is 2. The van der Waals surface area contributed by atoms with E-state index in [0.717, 1.165) is 24.3 Å². The fourth-order valence-electron chi connectivity index (χ4n) is 4.14. The summed E-state index contributed by atoms with van der Waals surface area (Å²) in [5.74, 6) is -4.82. The van der Waals surface area contributed by atoms with Crippen molar-refractivity contribution in [2.75, 3.05) is 11.9 Å². The van der Waals surface area contributed by atoms with Gasteiger partial charge < -0.3 is 20.4 Å². The number of imidazole rings is 1. The molecule has 38 heavy (non-hydrogen) atoms. The number of hydrogen-bond donors (Lipinski definition) is 3. The largest absolute Gasteiger partial charge is 0.483 e. The summed E-state index contributed by atoms with van der Waals surface area (Å²) in [5.41, 5.74) is -0.662. The highest BCUT2D eigenvalue weighted by molar-refractivity contribution is 6.33. The lowest BCUT2D eigenvalue weighted by Crippen LogP contribution is -2.40. The van der Waals surface area contributed by atoms with Crippen molar-refractivity contribution in [3.05, 3.63) is 46.5 Å². The minimum atomic E-state index is -4.73. The Labute approximate surface area is 214 Å². The number of ether oxygens (including phenoxy) is 1. The van der Waals surface area contributed by atoms with E-state index >= 15 is 0 Å². The lowest BCUT2D eigenvalue weighted by molar-refractivity contribution is -0.182. The van der Waals surface area contributed by atoms with Crippen molar-refractivity contribution >= 4 is 40.2 Å². The molecule has 15 heteroatoms. The number of nitrogens with one attached hydrogen (secondary N) is 3. The van der Waals surface area contributed by atoms with Crippen LogP contribution in [0, 0.1) is 17.6 Å². The van der Waals surface area contributed by atoms with Gasteiger partial charge in [-0.05, 0) is 43.9 Å². The molecular formula is C23H19ClF8N4O2. The Balaban J connectivity index is 1.60. The number of fused-ring (bicyclic) bond motifs is 1. The standard InChI is InChI=1S/C23H19ClF8N4O2/c24-18-13(25)5-6-14(26)19(18)36-21-34-15-7-12(17(8-16(15)35-21)38-9-22(27,28)29)20(37)33-11-3-1-10(2-4-11)23(30,31)32/h5-8,10-11H,1-4,9H2,(H,33,37)(H2,34,35,36)/t10-,11-. The van der Waals surface area contributed by atoms with Crippen molar-refractivity contribution in [1.82, 2.24) is 15.3 Å². The Kier molecular flexibility index (Phi) is 7.64. The number of hydrogen-bond acceptors (Lipinski definition) is 4. The molecule has 1 heterocycles. The summed E-state index contributed by atoms with van der Waals surface area (Å²) >= 11 is 5.79. The Morgan fingerprint density at radius 1 is 1.05 bits per heavy atom. The maximum Gasteiger partial charge on any atom is 0.422 e. The maximum absolute atomic E-state index is 14.1. The fourth-order valence-corrected chi connectivity index (χ4v) is 4.34. The van der Waals surface area contributed by atoms with Crippen LogP contribution in [0.15, 0.2) is 24.3 Å². The molecule has 1 aromatic heterocycles. The first-order valence-corrected chi connectivity index (χ1v) is 11.6.